The van der Waals surface area contributed by atoms with E-state index in [4.69, 9.17) is 0 Å². The summed E-state index contributed by atoms with van der Waals surface area (Å²) in [5, 5.41) is 1.49. The van der Waals surface area contributed by atoms with Gasteiger partial charge in [-0.2, -0.15) is 0 Å². The lowest BCUT2D eigenvalue weighted by molar-refractivity contribution is -0.132. The van der Waals surface area contributed by atoms with E-state index in [2.05, 4.69) is 32.0 Å². The lowest BCUT2D eigenvalue weighted by Crippen LogP contribution is -2.41. The van der Waals surface area contributed by atoms with E-state index in [-0.39, 0.29) is 12.5 Å². The first-order valence-electron chi connectivity index (χ1n) is 9.30. The Balaban J connectivity index is 1.48. The van der Waals surface area contributed by atoms with Crippen LogP contribution in [0.25, 0.3) is 21.8 Å². The first kappa shape index (κ1) is 17.9. The molecule has 2 N–H and O–H groups in total. The second-order valence-corrected chi connectivity index (χ2v) is 8.12. The molecule has 0 unspecified atom stereocenters. The van der Waals surface area contributed by atoms with Crippen LogP contribution in [-0.4, -0.2) is 31.9 Å². The van der Waals surface area contributed by atoms with E-state index in [1.807, 2.05) is 12.1 Å². The molecule has 1 amide bonds. The van der Waals surface area contributed by atoms with Crippen molar-refractivity contribution in [2.75, 3.05) is 6.54 Å². The van der Waals surface area contributed by atoms with E-state index in [1.165, 1.54) is 4.57 Å². The summed E-state index contributed by atoms with van der Waals surface area (Å²) < 4.78 is 2.32. The molecule has 4 aromatic rings. The third-order valence-electron chi connectivity index (χ3n) is 5.49. The van der Waals surface area contributed by atoms with Crippen molar-refractivity contribution in [3.8, 4) is 0 Å². The number of nitrogens with one attached hydrogen (secondary N) is 2. The van der Waals surface area contributed by atoms with Crippen molar-refractivity contribution in [3.05, 3.63) is 79.0 Å². The SMILES string of the molecule is O=C(Cn1c(=O)[nH]c(=O)c2ccccc21)N1CCc2[nH]c3ccc(Br)cc3c2C1. The molecule has 0 spiro atoms. The van der Waals surface area contributed by atoms with Gasteiger partial charge in [0, 0.05) is 46.1 Å². The van der Waals surface area contributed by atoms with Crippen LogP contribution in [-0.2, 0) is 24.3 Å². The highest BCUT2D eigenvalue weighted by Crippen LogP contribution is 2.30. The molecule has 1 aliphatic heterocycles. The number of rotatable bonds is 2. The molecule has 3 heterocycles. The Bertz CT molecular complexity index is 1400. The predicted octanol–water partition coefficient (Wildman–Crippen LogP) is 2.52. The Morgan fingerprint density at radius 3 is 2.76 bits per heavy atom. The van der Waals surface area contributed by atoms with Gasteiger partial charge in [-0.15, -0.1) is 0 Å². The van der Waals surface area contributed by atoms with Gasteiger partial charge in [-0.1, -0.05) is 28.1 Å². The average Bonchev–Trinajstić information content (AvgIpc) is 3.08. The zero-order valence-electron chi connectivity index (χ0n) is 15.4. The molecule has 2 aromatic carbocycles. The molecule has 7 nitrogen and oxygen atoms in total. The van der Waals surface area contributed by atoms with Gasteiger partial charge in [0.1, 0.15) is 6.54 Å². The highest BCUT2D eigenvalue weighted by atomic mass is 79.9. The molecule has 2 aromatic heterocycles. The standard InChI is InChI=1S/C21H17BrN4O3/c22-12-5-6-16-14(9-12)15-10-25(8-7-17(15)23-16)19(27)11-26-18-4-2-1-3-13(18)20(28)24-21(26)29/h1-6,9,23H,7-8,10-11H2,(H,24,28,29). The minimum atomic E-state index is -0.573. The van der Waals surface area contributed by atoms with Crippen LogP contribution in [0.1, 0.15) is 11.3 Å². The summed E-state index contributed by atoms with van der Waals surface area (Å²) in [5.41, 5.74) is 2.75. The summed E-state index contributed by atoms with van der Waals surface area (Å²) in [5.74, 6) is -0.153. The zero-order valence-corrected chi connectivity index (χ0v) is 17.0. The van der Waals surface area contributed by atoms with Crippen molar-refractivity contribution in [2.24, 2.45) is 0 Å². The third-order valence-corrected chi connectivity index (χ3v) is 5.98. The van der Waals surface area contributed by atoms with Crippen LogP contribution in [0.15, 0.2) is 56.5 Å². The van der Waals surface area contributed by atoms with E-state index in [0.717, 1.165) is 33.1 Å². The molecule has 8 heteroatoms. The fourth-order valence-electron chi connectivity index (χ4n) is 4.03. The Morgan fingerprint density at radius 1 is 1.07 bits per heavy atom. The van der Waals surface area contributed by atoms with Crippen molar-refractivity contribution < 1.29 is 4.79 Å². The smallest absolute Gasteiger partial charge is 0.329 e. The number of para-hydroxylation sites is 1. The number of benzene rings is 2. The van der Waals surface area contributed by atoms with Gasteiger partial charge < -0.3 is 9.88 Å². The number of hydrogen-bond acceptors (Lipinski definition) is 3. The van der Waals surface area contributed by atoms with Crippen LogP contribution in [0.4, 0.5) is 0 Å². The van der Waals surface area contributed by atoms with Crippen LogP contribution < -0.4 is 11.2 Å². The van der Waals surface area contributed by atoms with E-state index < -0.39 is 11.2 Å². The molecule has 0 atom stereocenters. The second kappa shape index (κ2) is 6.73. The van der Waals surface area contributed by atoms with Crippen molar-refractivity contribution in [3.63, 3.8) is 0 Å². The highest BCUT2D eigenvalue weighted by molar-refractivity contribution is 9.10. The van der Waals surface area contributed by atoms with E-state index in [9.17, 15) is 14.4 Å². The molecular weight excluding hydrogens is 436 g/mol. The lowest BCUT2D eigenvalue weighted by atomic mass is 10.0. The average molecular weight is 453 g/mol. The molecule has 5 rings (SSSR count). The topological polar surface area (TPSA) is 91.0 Å². The minimum Gasteiger partial charge on any atom is -0.358 e. The van der Waals surface area contributed by atoms with Gasteiger partial charge in [-0.05, 0) is 30.3 Å². The highest BCUT2D eigenvalue weighted by Gasteiger charge is 2.25. The van der Waals surface area contributed by atoms with Gasteiger partial charge >= 0.3 is 5.69 Å². The number of H-pyrrole nitrogens is 2. The number of carbonyl (C=O) groups is 1. The molecule has 0 bridgehead atoms. The maximum Gasteiger partial charge on any atom is 0.329 e. The first-order chi connectivity index (χ1) is 14.0. The number of amides is 1. The van der Waals surface area contributed by atoms with Gasteiger partial charge in [0.2, 0.25) is 5.91 Å². The Kier molecular flexibility index (Phi) is 4.16. The normalized spacial score (nSPS) is 13.8. The zero-order chi connectivity index (χ0) is 20.1. The number of aromatic amines is 2. The predicted molar refractivity (Wildman–Crippen MR) is 114 cm³/mol. The number of fused-ring (bicyclic) bond motifs is 4. The quantitative estimate of drug-likeness (QED) is 0.489. The molecule has 0 radical (unpaired) electrons. The van der Waals surface area contributed by atoms with Gasteiger partial charge in [0.25, 0.3) is 5.56 Å². The van der Waals surface area contributed by atoms with E-state index in [1.54, 1.807) is 29.2 Å². The molecule has 1 aliphatic rings. The maximum absolute atomic E-state index is 13.0. The van der Waals surface area contributed by atoms with Crippen LogP contribution in [0.5, 0.6) is 0 Å². The summed E-state index contributed by atoms with van der Waals surface area (Å²) in [4.78, 5) is 44.9. The molecule has 0 saturated heterocycles. The monoisotopic (exact) mass is 452 g/mol. The summed E-state index contributed by atoms with van der Waals surface area (Å²) in [6.45, 7) is 0.952. The number of halogens is 1. The van der Waals surface area contributed by atoms with Gasteiger partial charge in [-0.3, -0.25) is 19.1 Å². The van der Waals surface area contributed by atoms with Crippen LogP contribution >= 0.6 is 15.9 Å². The van der Waals surface area contributed by atoms with Crippen LogP contribution in [0.2, 0.25) is 0 Å². The molecule has 0 aliphatic carbocycles. The second-order valence-electron chi connectivity index (χ2n) is 7.20. The summed E-state index contributed by atoms with van der Waals surface area (Å²) >= 11 is 3.51. The van der Waals surface area contributed by atoms with Crippen LogP contribution in [0.3, 0.4) is 0 Å². The number of nitrogens with zero attached hydrogens (tertiary/aromatic N) is 2. The van der Waals surface area contributed by atoms with Crippen molar-refractivity contribution in [1.82, 2.24) is 19.4 Å². The molecule has 0 saturated carbocycles. The van der Waals surface area contributed by atoms with Crippen molar-refractivity contribution >= 4 is 43.6 Å². The Hall–Kier alpha value is -3.13. The Morgan fingerprint density at radius 2 is 1.90 bits per heavy atom. The first-order valence-corrected chi connectivity index (χ1v) is 10.1. The van der Waals surface area contributed by atoms with Gasteiger partial charge in [0.05, 0.1) is 10.9 Å². The number of hydrogen-bond donors (Lipinski definition) is 2. The minimum absolute atomic E-state index is 0.114. The maximum atomic E-state index is 13.0. The fraction of sp³-hybridized carbons (Fsp3) is 0.190. The lowest BCUT2D eigenvalue weighted by Gasteiger charge is -2.27. The summed E-state index contributed by atoms with van der Waals surface area (Å²) in [6, 6.07) is 12.9. The van der Waals surface area contributed by atoms with Gasteiger partial charge in [0.15, 0.2) is 0 Å². The third kappa shape index (κ3) is 3.00. The van der Waals surface area contributed by atoms with Crippen molar-refractivity contribution in [1.29, 1.82) is 0 Å². The van der Waals surface area contributed by atoms with Crippen molar-refractivity contribution in [2.45, 2.75) is 19.5 Å². The molecular formula is C21H17BrN4O3. The summed E-state index contributed by atoms with van der Waals surface area (Å²) in [6.07, 6.45) is 0.731. The van der Waals surface area contributed by atoms with E-state index in [0.29, 0.717) is 24.0 Å². The largest absolute Gasteiger partial charge is 0.358 e. The molecule has 29 heavy (non-hydrogen) atoms. The Labute approximate surface area is 173 Å². The van der Waals surface area contributed by atoms with Gasteiger partial charge in [-0.25, -0.2) is 4.79 Å². The van der Waals surface area contributed by atoms with E-state index >= 15 is 0 Å². The fourth-order valence-corrected chi connectivity index (χ4v) is 4.39. The van der Waals surface area contributed by atoms with Crippen LogP contribution in [0, 0.1) is 0 Å². The number of carbonyl (C=O) groups excluding carboxylic acids is 1. The molecule has 0 fully saturated rings. The molecule has 146 valence electrons. The summed E-state index contributed by atoms with van der Waals surface area (Å²) in [7, 11) is 0. The number of aromatic nitrogens is 3.